The Labute approximate surface area is 98.7 Å². The Morgan fingerprint density at radius 3 is 2.38 bits per heavy atom. The Hall–Kier alpha value is -1.61. The van der Waals surface area contributed by atoms with E-state index in [0.29, 0.717) is 5.56 Å². The summed E-state index contributed by atoms with van der Waals surface area (Å²) >= 11 is 1.75. The van der Waals surface area contributed by atoms with E-state index in [1.165, 1.54) is 10.5 Å². The third-order valence-corrected chi connectivity index (χ3v) is 3.25. The van der Waals surface area contributed by atoms with Gasteiger partial charge in [-0.25, -0.2) is 0 Å². The number of benzene rings is 1. The predicted octanol–water partition coefficient (Wildman–Crippen LogP) is 3.19. The highest BCUT2D eigenvalue weighted by molar-refractivity contribution is 7.98. The number of carbonyl (C=O) groups is 1. The van der Waals surface area contributed by atoms with Crippen LogP contribution in [0.4, 0.5) is 0 Å². The van der Waals surface area contributed by atoms with Gasteiger partial charge in [-0.1, -0.05) is 12.1 Å². The molecule has 0 aliphatic rings. The van der Waals surface area contributed by atoms with Gasteiger partial charge < -0.3 is 0 Å². The molecule has 1 aromatic carbocycles. The van der Waals surface area contributed by atoms with E-state index in [4.69, 9.17) is 0 Å². The van der Waals surface area contributed by atoms with Crippen LogP contribution in [0.5, 0.6) is 0 Å². The van der Waals surface area contributed by atoms with Crippen LogP contribution in [0.3, 0.4) is 0 Å². The van der Waals surface area contributed by atoms with E-state index in [9.17, 15) is 4.79 Å². The lowest BCUT2D eigenvalue weighted by atomic mass is 10.2. The third-order valence-electron chi connectivity index (χ3n) is 2.17. The molecule has 16 heavy (non-hydrogen) atoms. The highest BCUT2D eigenvalue weighted by Gasteiger charge is 1.96. The molecule has 3 heteroatoms. The lowest BCUT2D eigenvalue weighted by Gasteiger charge is -2.01. The minimum Gasteiger partial charge on any atom is -0.298 e. The van der Waals surface area contributed by atoms with Crippen molar-refractivity contribution in [3.05, 3.63) is 59.9 Å². The number of hydrogen-bond donors (Lipinski definition) is 0. The van der Waals surface area contributed by atoms with Crippen molar-refractivity contribution in [2.24, 2.45) is 0 Å². The topological polar surface area (TPSA) is 30.0 Å². The maximum absolute atomic E-state index is 10.5. The molecule has 0 aliphatic heterocycles. The molecule has 0 radical (unpaired) electrons. The van der Waals surface area contributed by atoms with Gasteiger partial charge in [0.2, 0.25) is 0 Å². The third kappa shape index (κ3) is 2.94. The van der Waals surface area contributed by atoms with Crippen molar-refractivity contribution < 1.29 is 4.79 Å². The molecular weight excluding hydrogens is 218 g/mol. The summed E-state index contributed by atoms with van der Waals surface area (Å²) in [4.78, 5) is 15.6. The molecule has 2 nitrogen and oxygen atoms in total. The van der Waals surface area contributed by atoms with E-state index >= 15 is 0 Å². The lowest BCUT2D eigenvalue weighted by Crippen LogP contribution is -1.82. The zero-order valence-corrected chi connectivity index (χ0v) is 9.48. The first kappa shape index (κ1) is 10.9. The van der Waals surface area contributed by atoms with Crippen LogP contribution in [0.2, 0.25) is 0 Å². The monoisotopic (exact) mass is 229 g/mol. The van der Waals surface area contributed by atoms with Crippen molar-refractivity contribution in [2.75, 3.05) is 0 Å². The van der Waals surface area contributed by atoms with Crippen LogP contribution in [0.25, 0.3) is 0 Å². The second-order valence-corrected chi connectivity index (χ2v) is 4.38. The maximum atomic E-state index is 10.5. The molecule has 2 rings (SSSR count). The summed E-state index contributed by atoms with van der Waals surface area (Å²) in [6.45, 7) is 0. The number of rotatable bonds is 4. The number of pyridine rings is 1. The predicted molar refractivity (Wildman–Crippen MR) is 65.6 cm³/mol. The first-order chi connectivity index (χ1) is 7.88. The molecular formula is C13H11NOS. The van der Waals surface area contributed by atoms with Crippen molar-refractivity contribution in [1.29, 1.82) is 0 Å². The van der Waals surface area contributed by atoms with Crippen LogP contribution in [-0.2, 0) is 5.75 Å². The average molecular weight is 229 g/mol. The summed E-state index contributed by atoms with van der Waals surface area (Å²) in [6.07, 6.45) is 4.45. The summed E-state index contributed by atoms with van der Waals surface area (Å²) in [5.74, 6) is 0.920. The van der Waals surface area contributed by atoms with Crippen LogP contribution in [0.1, 0.15) is 15.9 Å². The molecule has 0 saturated carbocycles. The SMILES string of the molecule is O=Cc1ccc(SCc2ccncc2)cc1. The van der Waals surface area contributed by atoms with Gasteiger partial charge in [-0.05, 0) is 29.8 Å². The molecule has 0 saturated heterocycles. The largest absolute Gasteiger partial charge is 0.298 e. The molecule has 0 aliphatic carbocycles. The number of thioether (sulfide) groups is 1. The molecule has 0 N–H and O–H groups in total. The van der Waals surface area contributed by atoms with Crippen molar-refractivity contribution >= 4 is 18.0 Å². The van der Waals surface area contributed by atoms with Gasteiger partial charge in [0, 0.05) is 28.6 Å². The first-order valence-electron chi connectivity index (χ1n) is 4.95. The fraction of sp³-hybridized carbons (Fsp3) is 0.0769. The summed E-state index contributed by atoms with van der Waals surface area (Å²) in [7, 11) is 0. The van der Waals surface area contributed by atoms with Crippen LogP contribution in [0.15, 0.2) is 53.7 Å². The standard InChI is InChI=1S/C13H11NOS/c15-9-11-1-3-13(4-2-11)16-10-12-5-7-14-8-6-12/h1-9H,10H2. The van der Waals surface area contributed by atoms with Crippen LogP contribution in [0, 0.1) is 0 Å². The number of nitrogens with zero attached hydrogens (tertiary/aromatic N) is 1. The lowest BCUT2D eigenvalue weighted by molar-refractivity contribution is 0.112. The Morgan fingerprint density at radius 1 is 1.06 bits per heavy atom. The zero-order valence-electron chi connectivity index (χ0n) is 8.67. The molecule has 0 unspecified atom stereocenters. The average Bonchev–Trinajstić information content (AvgIpc) is 2.38. The van der Waals surface area contributed by atoms with Gasteiger partial charge in [-0.15, -0.1) is 11.8 Å². The highest BCUT2D eigenvalue weighted by atomic mass is 32.2. The summed E-state index contributed by atoms with van der Waals surface area (Å²) in [6, 6.07) is 11.6. The van der Waals surface area contributed by atoms with E-state index in [-0.39, 0.29) is 0 Å². The van der Waals surface area contributed by atoms with Crippen molar-refractivity contribution in [2.45, 2.75) is 10.6 Å². The number of aromatic nitrogens is 1. The number of carbonyl (C=O) groups excluding carboxylic acids is 1. The van der Waals surface area contributed by atoms with Gasteiger partial charge in [-0.3, -0.25) is 9.78 Å². The summed E-state index contributed by atoms with van der Waals surface area (Å²) in [5, 5.41) is 0. The Morgan fingerprint density at radius 2 is 1.75 bits per heavy atom. The van der Waals surface area contributed by atoms with Crippen LogP contribution >= 0.6 is 11.8 Å². The molecule has 0 amide bonds. The minimum atomic E-state index is 0.716. The Bertz CT molecular complexity index is 453. The van der Waals surface area contributed by atoms with Crippen LogP contribution < -0.4 is 0 Å². The number of aldehydes is 1. The molecule has 0 bridgehead atoms. The van der Waals surface area contributed by atoms with Gasteiger partial charge >= 0.3 is 0 Å². The quantitative estimate of drug-likeness (QED) is 0.595. The second-order valence-electron chi connectivity index (χ2n) is 3.33. The second kappa shape index (κ2) is 5.47. The summed E-state index contributed by atoms with van der Waals surface area (Å²) in [5.41, 5.74) is 1.97. The smallest absolute Gasteiger partial charge is 0.150 e. The van der Waals surface area contributed by atoms with Gasteiger partial charge in [0.05, 0.1) is 0 Å². The van der Waals surface area contributed by atoms with Crippen LogP contribution in [-0.4, -0.2) is 11.3 Å². The molecule has 80 valence electrons. The van der Waals surface area contributed by atoms with Gasteiger partial charge in [0.15, 0.2) is 0 Å². The molecule has 1 aromatic heterocycles. The number of hydrogen-bond acceptors (Lipinski definition) is 3. The maximum Gasteiger partial charge on any atom is 0.150 e. The van der Waals surface area contributed by atoms with E-state index in [1.54, 1.807) is 24.2 Å². The van der Waals surface area contributed by atoms with Gasteiger partial charge in [0.25, 0.3) is 0 Å². The van der Waals surface area contributed by atoms with Gasteiger partial charge in [0.1, 0.15) is 6.29 Å². The van der Waals surface area contributed by atoms with Crippen molar-refractivity contribution in [3.8, 4) is 0 Å². The Kier molecular flexibility index (Phi) is 3.72. The van der Waals surface area contributed by atoms with Gasteiger partial charge in [-0.2, -0.15) is 0 Å². The Balaban J connectivity index is 1.97. The normalized spacial score (nSPS) is 10.0. The van der Waals surface area contributed by atoms with E-state index in [1.807, 2.05) is 36.4 Å². The molecule has 0 fully saturated rings. The highest BCUT2D eigenvalue weighted by Crippen LogP contribution is 2.22. The van der Waals surface area contributed by atoms with E-state index < -0.39 is 0 Å². The fourth-order valence-corrected chi connectivity index (χ4v) is 2.14. The zero-order chi connectivity index (χ0) is 11.2. The first-order valence-corrected chi connectivity index (χ1v) is 5.94. The fourth-order valence-electron chi connectivity index (χ4n) is 1.29. The van der Waals surface area contributed by atoms with E-state index in [2.05, 4.69) is 4.98 Å². The van der Waals surface area contributed by atoms with Crippen molar-refractivity contribution in [1.82, 2.24) is 4.98 Å². The van der Waals surface area contributed by atoms with E-state index in [0.717, 1.165) is 12.0 Å². The summed E-state index contributed by atoms with van der Waals surface area (Å²) < 4.78 is 0. The molecule has 0 atom stereocenters. The molecule has 0 spiro atoms. The molecule has 1 heterocycles. The molecule has 2 aromatic rings. The van der Waals surface area contributed by atoms with Crippen molar-refractivity contribution in [3.63, 3.8) is 0 Å². The minimum absolute atomic E-state index is 0.716.